The lowest BCUT2D eigenvalue weighted by atomic mass is 10.1. The summed E-state index contributed by atoms with van der Waals surface area (Å²) in [5, 5.41) is 3.42. The molecule has 0 unspecified atom stereocenters. The molecule has 0 aliphatic heterocycles. The summed E-state index contributed by atoms with van der Waals surface area (Å²) in [5.41, 5.74) is 3.47. The van der Waals surface area contributed by atoms with E-state index in [0.29, 0.717) is 10.6 Å². The van der Waals surface area contributed by atoms with Gasteiger partial charge in [-0.1, -0.05) is 29.8 Å². The lowest BCUT2D eigenvalue weighted by Gasteiger charge is -2.14. The quantitative estimate of drug-likeness (QED) is 0.833. The molecule has 5 heteroatoms. The van der Waals surface area contributed by atoms with E-state index in [1.54, 1.807) is 24.3 Å². The zero-order chi connectivity index (χ0) is 17.7. The molecule has 0 radical (unpaired) electrons. The average Bonchev–Trinajstić information content (AvgIpc) is 2.55. The van der Waals surface area contributed by atoms with E-state index in [1.807, 2.05) is 39.0 Å². The molecule has 1 N–H and O–H groups in total. The first-order valence-corrected chi connectivity index (χ1v) is 8.04. The minimum Gasteiger partial charge on any atom is -0.452 e. The molecule has 2 aromatic carbocycles. The van der Waals surface area contributed by atoms with Gasteiger partial charge < -0.3 is 10.1 Å². The molecule has 0 aliphatic carbocycles. The normalized spacial score (nSPS) is 11.7. The summed E-state index contributed by atoms with van der Waals surface area (Å²) in [7, 11) is 0. The van der Waals surface area contributed by atoms with Crippen LogP contribution in [-0.2, 0) is 9.53 Å². The van der Waals surface area contributed by atoms with Gasteiger partial charge in [-0.15, -0.1) is 0 Å². The summed E-state index contributed by atoms with van der Waals surface area (Å²) in [6, 6.07) is 12.3. The van der Waals surface area contributed by atoms with E-state index in [2.05, 4.69) is 5.32 Å². The second-order valence-electron chi connectivity index (χ2n) is 5.72. The number of rotatable bonds is 5. The average molecular weight is 346 g/mol. The van der Waals surface area contributed by atoms with Gasteiger partial charge in [0.2, 0.25) is 0 Å². The van der Waals surface area contributed by atoms with Crippen molar-refractivity contribution in [2.45, 2.75) is 26.8 Å². The molecule has 0 spiro atoms. The van der Waals surface area contributed by atoms with Crippen molar-refractivity contribution in [1.82, 2.24) is 5.32 Å². The highest BCUT2D eigenvalue weighted by molar-refractivity contribution is 6.30. The van der Waals surface area contributed by atoms with E-state index >= 15 is 0 Å². The number of hydrogen-bond donors (Lipinski definition) is 1. The summed E-state index contributed by atoms with van der Waals surface area (Å²) in [6.07, 6.45) is 0. The van der Waals surface area contributed by atoms with Crippen LogP contribution in [-0.4, -0.2) is 18.5 Å². The van der Waals surface area contributed by atoms with E-state index in [1.165, 1.54) is 0 Å². The van der Waals surface area contributed by atoms with Crippen LogP contribution in [0.25, 0.3) is 0 Å². The summed E-state index contributed by atoms with van der Waals surface area (Å²) in [4.78, 5) is 23.9. The van der Waals surface area contributed by atoms with Gasteiger partial charge in [-0.05, 0) is 61.7 Å². The molecule has 2 rings (SSSR count). The number of carbonyl (C=O) groups is 2. The van der Waals surface area contributed by atoms with Crippen molar-refractivity contribution < 1.29 is 14.3 Å². The van der Waals surface area contributed by atoms with Crippen molar-refractivity contribution in [3.8, 4) is 0 Å². The number of carbonyl (C=O) groups excluding carboxylic acids is 2. The molecular weight excluding hydrogens is 326 g/mol. The maximum Gasteiger partial charge on any atom is 0.338 e. The molecule has 1 atom stereocenters. The molecule has 0 aromatic heterocycles. The minimum atomic E-state index is -0.507. The molecule has 0 heterocycles. The Morgan fingerprint density at radius 1 is 1.08 bits per heavy atom. The third kappa shape index (κ3) is 4.83. The van der Waals surface area contributed by atoms with Gasteiger partial charge in [-0.2, -0.15) is 0 Å². The summed E-state index contributed by atoms with van der Waals surface area (Å²) < 4.78 is 5.07. The Bertz CT molecular complexity index is 741. The number of nitrogens with one attached hydrogen (secondary N) is 1. The van der Waals surface area contributed by atoms with E-state index in [-0.39, 0.29) is 18.6 Å². The summed E-state index contributed by atoms with van der Waals surface area (Å²) in [6.45, 7) is 5.43. The van der Waals surface area contributed by atoms with Gasteiger partial charge in [0.25, 0.3) is 5.91 Å². The molecule has 0 saturated carbocycles. The highest BCUT2D eigenvalue weighted by atomic mass is 35.5. The minimum absolute atomic E-state index is 0.199. The summed E-state index contributed by atoms with van der Waals surface area (Å²) in [5.74, 6) is -0.859. The Morgan fingerprint density at radius 3 is 2.38 bits per heavy atom. The molecule has 2 aromatic rings. The predicted molar refractivity (Wildman–Crippen MR) is 94.2 cm³/mol. The van der Waals surface area contributed by atoms with E-state index < -0.39 is 5.97 Å². The predicted octanol–water partition coefficient (Wildman–Crippen LogP) is 3.99. The lowest BCUT2D eigenvalue weighted by Crippen LogP contribution is -2.31. The molecular formula is C19H20ClNO3. The first-order chi connectivity index (χ1) is 11.4. The molecule has 126 valence electrons. The molecule has 0 bridgehead atoms. The van der Waals surface area contributed by atoms with Crippen LogP contribution in [0.3, 0.4) is 0 Å². The Kier molecular flexibility index (Phi) is 5.99. The fraction of sp³-hybridized carbons (Fsp3) is 0.263. The van der Waals surface area contributed by atoms with E-state index in [0.717, 1.165) is 16.7 Å². The molecule has 24 heavy (non-hydrogen) atoms. The number of halogens is 1. The smallest absolute Gasteiger partial charge is 0.338 e. The van der Waals surface area contributed by atoms with Crippen LogP contribution in [0.5, 0.6) is 0 Å². The van der Waals surface area contributed by atoms with Crippen molar-refractivity contribution in [2.24, 2.45) is 0 Å². The number of esters is 1. The van der Waals surface area contributed by atoms with Crippen LogP contribution in [0, 0.1) is 13.8 Å². The van der Waals surface area contributed by atoms with Crippen molar-refractivity contribution in [1.29, 1.82) is 0 Å². The van der Waals surface area contributed by atoms with Crippen LogP contribution in [0.1, 0.15) is 40.0 Å². The fourth-order valence-corrected chi connectivity index (χ4v) is 2.33. The number of amides is 1. The number of aryl methyl sites for hydroxylation is 2. The number of benzene rings is 2. The highest BCUT2D eigenvalue weighted by Crippen LogP contribution is 2.16. The number of hydrogen-bond acceptors (Lipinski definition) is 3. The van der Waals surface area contributed by atoms with Crippen LogP contribution in [0.4, 0.5) is 0 Å². The van der Waals surface area contributed by atoms with Crippen molar-refractivity contribution >= 4 is 23.5 Å². The topological polar surface area (TPSA) is 55.4 Å². The van der Waals surface area contributed by atoms with E-state index in [9.17, 15) is 9.59 Å². The Balaban J connectivity index is 1.87. The Morgan fingerprint density at radius 2 is 1.75 bits per heavy atom. The van der Waals surface area contributed by atoms with Gasteiger partial charge in [0.15, 0.2) is 6.61 Å². The zero-order valence-electron chi connectivity index (χ0n) is 13.9. The van der Waals surface area contributed by atoms with Gasteiger partial charge in [0.05, 0.1) is 11.6 Å². The van der Waals surface area contributed by atoms with Crippen LogP contribution in [0.15, 0.2) is 42.5 Å². The van der Waals surface area contributed by atoms with Gasteiger partial charge in [0, 0.05) is 5.02 Å². The number of ether oxygens (including phenoxy) is 1. The molecule has 0 saturated heterocycles. The van der Waals surface area contributed by atoms with Gasteiger partial charge in [-0.3, -0.25) is 4.79 Å². The SMILES string of the molecule is Cc1ccc(C(=O)OCC(=O)N[C@H](C)c2ccc(Cl)cc2)cc1C. The van der Waals surface area contributed by atoms with E-state index in [4.69, 9.17) is 16.3 Å². The third-order valence-corrected chi connectivity index (χ3v) is 4.08. The monoisotopic (exact) mass is 345 g/mol. The zero-order valence-corrected chi connectivity index (χ0v) is 14.7. The molecule has 4 nitrogen and oxygen atoms in total. The third-order valence-electron chi connectivity index (χ3n) is 3.82. The van der Waals surface area contributed by atoms with Crippen LogP contribution in [0.2, 0.25) is 5.02 Å². The first-order valence-electron chi connectivity index (χ1n) is 7.66. The fourth-order valence-electron chi connectivity index (χ4n) is 2.20. The molecule has 0 fully saturated rings. The second kappa shape index (κ2) is 7.97. The van der Waals surface area contributed by atoms with Gasteiger partial charge >= 0.3 is 5.97 Å². The van der Waals surface area contributed by atoms with Crippen LogP contribution >= 0.6 is 11.6 Å². The maximum absolute atomic E-state index is 12.0. The second-order valence-corrected chi connectivity index (χ2v) is 6.15. The Hall–Kier alpha value is -2.33. The molecule has 0 aliphatic rings. The first kappa shape index (κ1) is 18.0. The van der Waals surface area contributed by atoms with Gasteiger partial charge in [0.1, 0.15) is 0 Å². The van der Waals surface area contributed by atoms with Crippen LogP contribution < -0.4 is 5.32 Å². The standard InChI is InChI=1S/C19H20ClNO3/c1-12-4-5-16(10-13(12)2)19(23)24-11-18(22)21-14(3)15-6-8-17(20)9-7-15/h4-10,14H,11H2,1-3H3,(H,21,22)/t14-/m1/s1. The largest absolute Gasteiger partial charge is 0.452 e. The maximum atomic E-state index is 12.0. The highest BCUT2D eigenvalue weighted by Gasteiger charge is 2.13. The molecule has 1 amide bonds. The lowest BCUT2D eigenvalue weighted by molar-refractivity contribution is -0.124. The van der Waals surface area contributed by atoms with Crippen molar-refractivity contribution in [3.63, 3.8) is 0 Å². The van der Waals surface area contributed by atoms with Crippen molar-refractivity contribution in [2.75, 3.05) is 6.61 Å². The summed E-state index contributed by atoms with van der Waals surface area (Å²) >= 11 is 5.84. The Labute approximate surface area is 146 Å². The van der Waals surface area contributed by atoms with Crippen molar-refractivity contribution in [3.05, 3.63) is 69.7 Å². The van der Waals surface area contributed by atoms with Gasteiger partial charge in [-0.25, -0.2) is 4.79 Å².